The van der Waals surface area contributed by atoms with E-state index in [4.69, 9.17) is 0 Å². The molecule has 2 N–H and O–H groups in total. The minimum absolute atomic E-state index is 0.163. The molecule has 0 aliphatic rings. The van der Waals surface area contributed by atoms with Gasteiger partial charge in [0, 0.05) is 11.3 Å². The van der Waals surface area contributed by atoms with Gasteiger partial charge in [0.05, 0.1) is 9.79 Å². The molecule has 9 heteroatoms. The molecule has 0 spiro atoms. The van der Waals surface area contributed by atoms with Crippen molar-refractivity contribution in [1.29, 1.82) is 0 Å². The minimum Gasteiger partial charge on any atom is -0.280 e. The number of nitrogens with one attached hydrogen (secondary N) is 2. The summed E-state index contributed by atoms with van der Waals surface area (Å²) in [7, 11) is -8.01. The monoisotopic (exact) mass is 472 g/mol. The van der Waals surface area contributed by atoms with Crippen LogP contribution in [-0.4, -0.2) is 22.7 Å². The average Bonchev–Trinajstić information content (AvgIpc) is 2.72. The van der Waals surface area contributed by atoms with Crippen LogP contribution in [0.2, 0.25) is 0 Å². The maximum Gasteiger partial charge on any atom is 0.264 e. The van der Waals surface area contributed by atoms with Crippen LogP contribution >= 0.6 is 0 Å². The molecule has 0 saturated carbocycles. The number of anilines is 1. The van der Waals surface area contributed by atoms with E-state index in [0.717, 1.165) is 11.1 Å². The normalized spacial score (nSPS) is 11.8. The van der Waals surface area contributed by atoms with E-state index in [1.165, 1.54) is 36.4 Å². The van der Waals surface area contributed by atoms with Gasteiger partial charge in [-0.1, -0.05) is 24.3 Å². The van der Waals surface area contributed by atoms with Crippen molar-refractivity contribution in [3.63, 3.8) is 0 Å². The van der Waals surface area contributed by atoms with Gasteiger partial charge in [-0.2, -0.15) is 0 Å². The maximum atomic E-state index is 13.0. The van der Waals surface area contributed by atoms with Gasteiger partial charge in [-0.25, -0.2) is 21.6 Å². The van der Waals surface area contributed by atoms with Gasteiger partial charge < -0.3 is 0 Å². The summed E-state index contributed by atoms with van der Waals surface area (Å²) < 4.78 is 55.7. The van der Waals surface area contributed by atoms with Crippen molar-refractivity contribution in [3.8, 4) is 0 Å². The van der Waals surface area contributed by atoms with Gasteiger partial charge in [0.1, 0.15) is 0 Å². The molecule has 3 rings (SSSR count). The number of hydrogen-bond acceptors (Lipinski definition) is 5. The van der Waals surface area contributed by atoms with Crippen LogP contribution < -0.4 is 9.44 Å². The molecule has 0 heterocycles. The molecular formula is C23H24N2O5S2. The standard InChI is InChI=1S/C23H24N2O5S2/c1-15-14-16(2)18(4)22(17(15)3)32(29,30)24-20-10-12-21(13-11-20)31(27,28)25-23(26)19-8-6-5-7-9-19/h5-14,24H,1-4H3,(H,25,26). The molecule has 3 aromatic carbocycles. The van der Waals surface area contributed by atoms with Crippen molar-refractivity contribution in [2.75, 3.05) is 4.72 Å². The van der Waals surface area contributed by atoms with Crippen LogP contribution in [0, 0.1) is 27.7 Å². The lowest BCUT2D eigenvalue weighted by Gasteiger charge is -2.17. The number of amides is 1. The summed E-state index contributed by atoms with van der Waals surface area (Å²) in [6.07, 6.45) is 0. The van der Waals surface area contributed by atoms with Gasteiger partial charge in [-0.3, -0.25) is 9.52 Å². The number of benzene rings is 3. The molecule has 0 saturated heterocycles. The minimum atomic E-state index is -4.12. The van der Waals surface area contributed by atoms with Crippen LogP contribution in [0.5, 0.6) is 0 Å². The summed E-state index contributed by atoms with van der Waals surface area (Å²) in [5.74, 6) is -0.754. The molecule has 0 unspecified atom stereocenters. The van der Waals surface area contributed by atoms with Crippen LogP contribution in [0.1, 0.15) is 32.6 Å². The highest BCUT2D eigenvalue weighted by atomic mass is 32.2. The summed E-state index contributed by atoms with van der Waals surface area (Å²) in [5.41, 5.74) is 3.45. The van der Waals surface area contributed by atoms with Crippen molar-refractivity contribution in [2.45, 2.75) is 37.5 Å². The van der Waals surface area contributed by atoms with Gasteiger partial charge in [-0.15, -0.1) is 0 Å². The number of aryl methyl sites for hydroxylation is 2. The highest BCUT2D eigenvalue weighted by molar-refractivity contribution is 7.92. The van der Waals surface area contributed by atoms with Crippen LogP contribution in [0.4, 0.5) is 5.69 Å². The highest BCUT2D eigenvalue weighted by Gasteiger charge is 2.23. The topological polar surface area (TPSA) is 109 Å². The van der Waals surface area contributed by atoms with Crippen molar-refractivity contribution in [1.82, 2.24) is 4.72 Å². The fraction of sp³-hybridized carbons (Fsp3) is 0.174. The molecule has 0 fully saturated rings. The summed E-state index contributed by atoms with van der Waals surface area (Å²) in [6.45, 7) is 7.21. The summed E-state index contributed by atoms with van der Waals surface area (Å²) in [6, 6.07) is 15.1. The van der Waals surface area contributed by atoms with Crippen LogP contribution in [0.25, 0.3) is 0 Å². The zero-order valence-corrected chi connectivity index (χ0v) is 19.8. The smallest absolute Gasteiger partial charge is 0.264 e. The third-order valence-corrected chi connectivity index (χ3v) is 8.25. The molecule has 0 radical (unpaired) electrons. The second-order valence-electron chi connectivity index (χ2n) is 7.52. The molecule has 3 aromatic rings. The van der Waals surface area contributed by atoms with Crippen molar-refractivity contribution < 1.29 is 21.6 Å². The second kappa shape index (κ2) is 8.76. The molecular weight excluding hydrogens is 448 g/mol. The average molecular weight is 473 g/mol. The molecule has 1 amide bonds. The first-order valence-corrected chi connectivity index (χ1v) is 12.7. The summed E-state index contributed by atoms with van der Waals surface area (Å²) in [4.78, 5) is 12.2. The van der Waals surface area contributed by atoms with Crippen LogP contribution in [0.15, 0.2) is 70.5 Å². The van der Waals surface area contributed by atoms with E-state index in [0.29, 0.717) is 11.1 Å². The predicted octanol–water partition coefficient (Wildman–Crippen LogP) is 3.84. The quantitative estimate of drug-likeness (QED) is 0.567. The van der Waals surface area contributed by atoms with Gasteiger partial charge in [0.25, 0.3) is 26.0 Å². The Balaban J connectivity index is 1.84. The van der Waals surface area contributed by atoms with Gasteiger partial charge >= 0.3 is 0 Å². The largest absolute Gasteiger partial charge is 0.280 e. The Labute approximate surface area is 188 Å². The Bertz CT molecular complexity index is 1350. The molecule has 0 aliphatic carbocycles. The lowest BCUT2D eigenvalue weighted by Crippen LogP contribution is -2.30. The Kier molecular flexibility index (Phi) is 6.43. The van der Waals surface area contributed by atoms with E-state index in [-0.39, 0.29) is 21.0 Å². The van der Waals surface area contributed by atoms with E-state index < -0.39 is 26.0 Å². The van der Waals surface area contributed by atoms with Gasteiger partial charge in [0.15, 0.2) is 0 Å². The first-order chi connectivity index (χ1) is 14.9. The van der Waals surface area contributed by atoms with E-state index in [9.17, 15) is 21.6 Å². The molecule has 0 atom stereocenters. The van der Waals surface area contributed by atoms with E-state index in [2.05, 4.69) is 4.72 Å². The van der Waals surface area contributed by atoms with Crippen LogP contribution in [-0.2, 0) is 20.0 Å². The van der Waals surface area contributed by atoms with Crippen molar-refractivity contribution in [3.05, 3.63) is 88.5 Å². The fourth-order valence-corrected chi connectivity index (χ4v) is 5.97. The number of rotatable bonds is 6. The van der Waals surface area contributed by atoms with Crippen molar-refractivity contribution in [2.24, 2.45) is 0 Å². The van der Waals surface area contributed by atoms with Gasteiger partial charge in [-0.05, 0) is 86.3 Å². The predicted molar refractivity (Wildman–Crippen MR) is 124 cm³/mol. The second-order valence-corrected chi connectivity index (χ2v) is 10.8. The fourth-order valence-electron chi connectivity index (χ4n) is 3.32. The van der Waals surface area contributed by atoms with E-state index in [1.54, 1.807) is 32.0 Å². The van der Waals surface area contributed by atoms with Crippen molar-refractivity contribution >= 4 is 31.6 Å². The zero-order valence-electron chi connectivity index (χ0n) is 18.1. The lowest BCUT2D eigenvalue weighted by molar-refractivity contribution is 0.0981. The molecule has 0 aromatic heterocycles. The number of sulfonamides is 2. The van der Waals surface area contributed by atoms with E-state index >= 15 is 0 Å². The Hall–Kier alpha value is -3.17. The Morgan fingerprint density at radius 3 is 1.78 bits per heavy atom. The zero-order chi connectivity index (χ0) is 23.7. The molecule has 7 nitrogen and oxygen atoms in total. The SMILES string of the molecule is Cc1cc(C)c(C)c(S(=O)(=O)Nc2ccc(S(=O)(=O)NC(=O)c3ccccc3)cc2)c1C. The Morgan fingerprint density at radius 1 is 0.719 bits per heavy atom. The van der Waals surface area contributed by atoms with Crippen LogP contribution in [0.3, 0.4) is 0 Å². The Morgan fingerprint density at radius 2 is 1.25 bits per heavy atom. The first-order valence-electron chi connectivity index (χ1n) is 9.75. The number of carbonyl (C=O) groups is 1. The molecule has 168 valence electrons. The lowest BCUT2D eigenvalue weighted by atomic mass is 10.0. The molecule has 0 bridgehead atoms. The van der Waals surface area contributed by atoms with Gasteiger partial charge in [0.2, 0.25) is 0 Å². The maximum absolute atomic E-state index is 13.0. The first kappa shape index (κ1) is 23.5. The summed E-state index contributed by atoms with van der Waals surface area (Å²) >= 11 is 0. The molecule has 32 heavy (non-hydrogen) atoms. The summed E-state index contributed by atoms with van der Waals surface area (Å²) in [5, 5.41) is 0. The number of carbonyl (C=O) groups excluding carboxylic acids is 1. The molecule has 0 aliphatic heterocycles. The third-order valence-electron chi connectivity index (χ3n) is 5.25. The number of hydrogen-bond donors (Lipinski definition) is 2. The van der Waals surface area contributed by atoms with E-state index in [1.807, 2.05) is 24.6 Å². The highest BCUT2D eigenvalue weighted by Crippen LogP contribution is 2.28. The third kappa shape index (κ3) is 4.84.